The minimum Gasteiger partial charge on any atom is -0.492 e. The summed E-state index contributed by atoms with van der Waals surface area (Å²) in [6.07, 6.45) is 0. The second kappa shape index (κ2) is 6.73. The van der Waals surface area contributed by atoms with Gasteiger partial charge in [-0.3, -0.25) is 0 Å². The fraction of sp³-hybridized carbons (Fsp3) is 0.571. The summed E-state index contributed by atoms with van der Waals surface area (Å²) in [5.41, 5.74) is 0.0328. The normalized spacial score (nSPS) is 17.1. The Labute approximate surface area is 135 Å². The van der Waals surface area contributed by atoms with E-state index in [0.717, 1.165) is 13.1 Å². The molecule has 1 aliphatic heterocycles. The molecule has 1 aromatic rings. The Morgan fingerprint density at radius 3 is 2.60 bits per heavy atom. The number of hydrogen-bond acceptors (Lipinski definition) is 3. The van der Waals surface area contributed by atoms with Gasteiger partial charge in [-0.05, 0) is 57.6 Å². The van der Waals surface area contributed by atoms with Crippen molar-refractivity contribution in [3.05, 3.63) is 26.9 Å². The van der Waals surface area contributed by atoms with Crippen LogP contribution < -0.4 is 4.74 Å². The van der Waals surface area contributed by atoms with Crippen molar-refractivity contribution in [1.82, 2.24) is 4.90 Å². The van der Waals surface area contributed by atoms with Gasteiger partial charge >= 0.3 is 0 Å². The van der Waals surface area contributed by atoms with Crippen LogP contribution in [0.3, 0.4) is 0 Å². The molecule has 0 aliphatic carbocycles. The molecule has 1 aromatic carbocycles. The van der Waals surface area contributed by atoms with Crippen LogP contribution in [0.1, 0.15) is 6.92 Å². The van der Waals surface area contributed by atoms with E-state index in [2.05, 4.69) is 50.7 Å². The van der Waals surface area contributed by atoms with Gasteiger partial charge in [0.1, 0.15) is 11.6 Å². The van der Waals surface area contributed by atoms with E-state index in [1.54, 1.807) is 6.07 Å². The van der Waals surface area contributed by atoms with Gasteiger partial charge in [-0.15, -0.1) is 0 Å². The van der Waals surface area contributed by atoms with Crippen LogP contribution in [0.15, 0.2) is 21.1 Å². The lowest BCUT2D eigenvalue weighted by molar-refractivity contribution is -0.141. The van der Waals surface area contributed by atoms with Crippen molar-refractivity contribution in [3.63, 3.8) is 0 Å². The molecule has 0 radical (unpaired) electrons. The molecule has 0 bridgehead atoms. The topological polar surface area (TPSA) is 21.7 Å². The molecule has 1 aliphatic rings. The molecule has 0 atom stereocenters. The largest absolute Gasteiger partial charge is 0.492 e. The van der Waals surface area contributed by atoms with Crippen molar-refractivity contribution >= 4 is 31.9 Å². The summed E-state index contributed by atoms with van der Waals surface area (Å²) in [5.74, 6) is 0.334. The molecule has 20 heavy (non-hydrogen) atoms. The van der Waals surface area contributed by atoms with Crippen LogP contribution >= 0.6 is 31.9 Å². The molecule has 0 spiro atoms. The van der Waals surface area contributed by atoms with Gasteiger partial charge in [0.05, 0.1) is 34.2 Å². The Hall–Kier alpha value is -0.170. The number of nitrogens with zero attached hydrogens (tertiary/aromatic N) is 1. The lowest BCUT2D eigenvalue weighted by Gasteiger charge is -2.43. The lowest BCUT2D eigenvalue weighted by Crippen LogP contribution is -2.53. The number of ether oxygens (including phenoxy) is 2. The monoisotopic (exact) mass is 409 g/mol. The molecule has 0 aromatic heterocycles. The molecule has 1 saturated heterocycles. The van der Waals surface area contributed by atoms with Gasteiger partial charge in [-0.2, -0.15) is 0 Å². The molecular formula is C14H18Br2FNO2. The maximum atomic E-state index is 13.4. The maximum Gasteiger partial charge on any atom is 0.138 e. The smallest absolute Gasteiger partial charge is 0.138 e. The Kier molecular flexibility index (Phi) is 5.45. The highest BCUT2D eigenvalue weighted by Gasteiger charge is 2.40. The van der Waals surface area contributed by atoms with Crippen LogP contribution in [0.2, 0.25) is 0 Å². The van der Waals surface area contributed by atoms with Crippen molar-refractivity contribution in [1.29, 1.82) is 0 Å². The van der Waals surface area contributed by atoms with Crippen molar-refractivity contribution in [2.75, 3.05) is 40.0 Å². The zero-order valence-electron chi connectivity index (χ0n) is 11.6. The molecule has 3 nitrogen and oxygen atoms in total. The molecule has 112 valence electrons. The Morgan fingerprint density at radius 1 is 1.35 bits per heavy atom. The third kappa shape index (κ3) is 3.72. The Morgan fingerprint density at radius 2 is 2.05 bits per heavy atom. The molecule has 2 rings (SSSR count). The third-order valence-corrected chi connectivity index (χ3v) is 4.70. The van der Waals surface area contributed by atoms with Crippen LogP contribution in [0.25, 0.3) is 0 Å². The third-order valence-electron chi connectivity index (χ3n) is 3.47. The first-order valence-electron chi connectivity index (χ1n) is 6.49. The SMILES string of the molecule is CCN(C)CC1(COc2cc(Br)c(F)cc2Br)COC1. The number of benzene rings is 1. The molecule has 0 saturated carbocycles. The summed E-state index contributed by atoms with van der Waals surface area (Å²) in [4.78, 5) is 2.25. The summed E-state index contributed by atoms with van der Waals surface area (Å²) >= 11 is 6.50. The summed E-state index contributed by atoms with van der Waals surface area (Å²) in [5, 5.41) is 0. The van der Waals surface area contributed by atoms with Gasteiger partial charge in [0, 0.05) is 6.54 Å². The van der Waals surface area contributed by atoms with E-state index in [1.165, 1.54) is 6.07 Å². The Balaban J connectivity index is 2.02. The summed E-state index contributed by atoms with van der Waals surface area (Å²) in [7, 11) is 2.09. The molecule has 6 heteroatoms. The van der Waals surface area contributed by atoms with Crippen molar-refractivity contribution in [3.8, 4) is 5.75 Å². The van der Waals surface area contributed by atoms with Crippen molar-refractivity contribution < 1.29 is 13.9 Å². The lowest BCUT2D eigenvalue weighted by atomic mass is 9.86. The van der Waals surface area contributed by atoms with E-state index >= 15 is 0 Å². The van der Waals surface area contributed by atoms with Crippen molar-refractivity contribution in [2.45, 2.75) is 6.92 Å². The second-order valence-corrected chi connectivity index (χ2v) is 7.02. The van der Waals surface area contributed by atoms with Gasteiger partial charge in [-0.25, -0.2) is 4.39 Å². The van der Waals surface area contributed by atoms with E-state index in [9.17, 15) is 4.39 Å². The van der Waals surface area contributed by atoms with E-state index in [1.807, 2.05) is 0 Å². The van der Waals surface area contributed by atoms with Gasteiger partial charge in [0.2, 0.25) is 0 Å². The standard InChI is InChI=1S/C14H18Br2FNO2/c1-3-18(2)6-14(7-19-8-14)9-20-13-5-10(15)12(17)4-11(13)16/h4-5H,3,6-9H2,1-2H3. The summed E-state index contributed by atoms with van der Waals surface area (Å²) < 4.78 is 25.6. The van der Waals surface area contributed by atoms with E-state index < -0.39 is 0 Å². The van der Waals surface area contributed by atoms with Crippen LogP contribution in [-0.4, -0.2) is 44.9 Å². The number of hydrogen-bond donors (Lipinski definition) is 0. The van der Waals surface area contributed by atoms with Gasteiger partial charge in [-0.1, -0.05) is 6.92 Å². The fourth-order valence-corrected chi connectivity index (χ4v) is 2.89. The van der Waals surface area contributed by atoms with E-state index in [4.69, 9.17) is 9.47 Å². The van der Waals surface area contributed by atoms with Crippen LogP contribution in [0, 0.1) is 11.2 Å². The van der Waals surface area contributed by atoms with Crippen LogP contribution in [-0.2, 0) is 4.74 Å². The fourth-order valence-electron chi connectivity index (χ4n) is 2.14. The number of rotatable bonds is 6. The first-order valence-corrected chi connectivity index (χ1v) is 8.08. The minimum absolute atomic E-state index is 0.0328. The molecule has 0 amide bonds. The average Bonchev–Trinajstić information content (AvgIpc) is 2.37. The highest BCUT2D eigenvalue weighted by atomic mass is 79.9. The Bertz CT molecular complexity index is 480. The average molecular weight is 411 g/mol. The first kappa shape index (κ1) is 16.2. The van der Waals surface area contributed by atoms with Crippen LogP contribution in [0.4, 0.5) is 4.39 Å². The first-order chi connectivity index (χ1) is 9.46. The van der Waals surface area contributed by atoms with Crippen molar-refractivity contribution in [2.24, 2.45) is 5.41 Å². The summed E-state index contributed by atoms with van der Waals surface area (Å²) in [6, 6.07) is 3.05. The zero-order chi connectivity index (χ0) is 14.8. The highest BCUT2D eigenvalue weighted by Crippen LogP contribution is 2.34. The molecular weight excluding hydrogens is 393 g/mol. The highest BCUT2D eigenvalue weighted by molar-refractivity contribution is 9.11. The minimum atomic E-state index is -0.309. The second-order valence-electron chi connectivity index (χ2n) is 5.31. The van der Waals surface area contributed by atoms with E-state index in [0.29, 0.717) is 34.5 Å². The number of halogens is 3. The predicted octanol–water partition coefficient (Wildman–Crippen LogP) is 3.70. The van der Waals surface area contributed by atoms with Crippen LogP contribution in [0.5, 0.6) is 5.75 Å². The molecule has 0 unspecified atom stereocenters. The molecule has 1 fully saturated rings. The molecule has 1 heterocycles. The molecule has 0 N–H and O–H groups in total. The van der Waals surface area contributed by atoms with E-state index in [-0.39, 0.29) is 11.2 Å². The summed E-state index contributed by atoms with van der Waals surface area (Å²) in [6.45, 7) is 6.03. The quantitative estimate of drug-likeness (QED) is 0.667. The van der Waals surface area contributed by atoms with Gasteiger partial charge < -0.3 is 14.4 Å². The van der Waals surface area contributed by atoms with Gasteiger partial charge in [0.15, 0.2) is 0 Å². The zero-order valence-corrected chi connectivity index (χ0v) is 14.8. The maximum absolute atomic E-state index is 13.4. The van der Waals surface area contributed by atoms with Gasteiger partial charge in [0.25, 0.3) is 0 Å². The predicted molar refractivity (Wildman–Crippen MR) is 83.7 cm³/mol.